The molecule has 1 unspecified atom stereocenters. The first-order valence-corrected chi connectivity index (χ1v) is 7.76. The molecule has 2 heterocycles. The van der Waals surface area contributed by atoms with Crippen molar-refractivity contribution >= 4 is 38.2 Å². The molecule has 19 heavy (non-hydrogen) atoms. The molecule has 0 aliphatic carbocycles. The molecule has 1 aliphatic heterocycles. The van der Waals surface area contributed by atoms with Crippen LogP contribution in [0.15, 0.2) is 22.9 Å². The maximum absolute atomic E-state index is 11.6. The van der Waals surface area contributed by atoms with Gasteiger partial charge in [-0.3, -0.25) is 5.32 Å². The number of anilines is 1. The number of nitrogens with one attached hydrogen (secondary N) is 2. The molecule has 0 aromatic carbocycles. The van der Waals surface area contributed by atoms with Crippen LogP contribution in [0.1, 0.15) is 10.4 Å². The highest BCUT2D eigenvalue weighted by molar-refractivity contribution is 7.94. The maximum atomic E-state index is 11.6. The van der Waals surface area contributed by atoms with Gasteiger partial charge in [0.2, 0.25) is 0 Å². The molecule has 1 atom stereocenters. The van der Waals surface area contributed by atoms with Gasteiger partial charge in [0.15, 0.2) is 9.84 Å². The fraction of sp³-hybridized carbons (Fsp3) is 0.200. The number of amides is 2. The molecule has 0 bridgehead atoms. The summed E-state index contributed by atoms with van der Waals surface area (Å²) in [5.41, 5.74) is -0.00487. The van der Waals surface area contributed by atoms with Crippen LogP contribution in [0.2, 0.25) is 0 Å². The predicted molar refractivity (Wildman–Crippen MR) is 70.1 cm³/mol. The van der Waals surface area contributed by atoms with Gasteiger partial charge >= 0.3 is 12.0 Å². The molecule has 3 N–H and O–H groups in total. The lowest BCUT2D eigenvalue weighted by Gasteiger charge is -2.10. The Hall–Kier alpha value is -1.87. The zero-order valence-electron chi connectivity index (χ0n) is 9.49. The summed E-state index contributed by atoms with van der Waals surface area (Å²) in [7, 11) is -3.24. The minimum Gasteiger partial charge on any atom is -0.478 e. The van der Waals surface area contributed by atoms with Gasteiger partial charge in [-0.2, -0.15) is 0 Å². The van der Waals surface area contributed by atoms with Crippen LogP contribution in [0.4, 0.5) is 9.80 Å². The lowest BCUT2D eigenvalue weighted by molar-refractivity contribution is 0.0698. The third kappa shape index (κ3) is 3.32. The summed E-state index contributed by atoms with van der Waals surface area (Å²) >= 11 is 1.07. The first-order chi connectivity index (χ1) is 8.87. The van der Waals surface area contributed by atoms with Gasteiger partial charge < -0.3 is 10.4 Å². The lowest BCUT2D eigenvalue weighted by atomic mass is 10.3. The number of carbonyl (C=O) groups is 2. The average Bonchev–Trinajstić information content (AvgIpc) is 2.85. The molecule has 0 radical (unpaired) electrons. The van der Waals surface area contributed by atoms with E-state index in [1.807, 2.05) is 0 Å². The van der Waals surface area contributed by atoms with Gasteiger partial charge in [-0.15, -0.1) is 11.3 Å². The average molecular weight is 302 g/mol. The number of hydrogen-bond donors (Lipinski definition) is 3. The fourth-order valence-electron chi connectivity index (χ4n) is 1.55. The molecule has 0 saturated carbocycles. The first-order valence-electron chi connectivity index (χ1n) is 5.16. The summed E-state index contributed by atoms with van der Waals surface area (Å²) in [6.07, 6.45) is 1.38. The van der Waals surface area contributed by atoms with Gasteiger partial charge in [-0.25, -0.2) is 18.0 Å². The van der Waals surface area contributed by atoms with Crippen LogP contribution in [0.25, 0.3) is 0 Å². The number of sulfone groups is 1. The summed E-state index contributed by atoms with van der Waals surface area (Å²) in [5.74, 6) is -1.32. The van der Waals surface area contributed by atoms with E-state index in [0.717, 1.165) is 16.7 Å². The Bertz CT molecular complexity index is 647. The summed E-state index contributed by atoms with van der Waals surface area (Å²) in [6.45, 7) is 0. The van der Waals surface area contributed by atoms with Crippen molar-refractivity contribution in [1.29, 1.82) is 0 Å². The second-order valence-corrected chi connectivity index (χ2v) is 6.68. The van der Waals surface area contributed by atoms with Crippen molar-refractivity contribution in [2.24, 2.45) is 0 Å². The SMILES string of the molecule is O=C(Nc1sccc1C(=O)O)NC1C=CS(=O)(=O)C1. The second-order valence-electron chi connectivity index (χ2n) is 3.83. The molecule has 2 rings (SSSR count). The molecule has 1 aromatic rings. The summed E-state index contributed by atoms with van der Waals surface area (Å²) in [4.78, 5) is 22.5. The summed E-state index contributed by atoms with van der Waals surface area (Å²) in [6, 6.07) is 0.137. The molecular formula is C10H10N2O5S2. The van der Waals surface area contributed by atoms with Gasteiger partial charge in [0.1, 0.15) is 5.00 Å². The van der Waals surface area contributed by atoms with Crippen molar-refractivity contribution in [3.8, 4) is 0 Å². The highest BCUT2D eigenvalue weighted by atomic mass is 32.2. The van der Waals surface area contributed by atoms with E-state index >= 15 is 0 Å². The number of thiophene rings is 1. The Kier molecular flexibility index (Phi) is 3.58. The van der Waals surface area contributed by atoms with Crippen LogP contribution in [-0.4, -0.2) is 37.3 Å². The zero-order valence-corrected chi connectivity index (χ0v) is 11.1. The number of hydrogen-bond acceptors (Lipinski definition) is 5. The van der Waals surface area contributed by atoms with Crippen LogP contribution in [0.5, 0.6) is 0 Å². The van der Waals surface area contributed by atoms with Crippen LogP contribution in [0.3, 0.4) is 0 Å². The molecule has 2 amide bonds. The number of carbonyl (C=O) groups excluding carboxylic acids is 1. The van der Waals surface area contributed by atoms with Crippen molar-refractivity contribution in [3.05, 3.63) is 28.5 Å². The van der Waals surface area contributed by atoms with Gasteiger partial charge in [0, 0.05) is 5.41 Å². The molecule has 0 saturated heterocycles. The smallest absolute Gasteiger partial charge is 0.338 e. The van der Waals surface area contributed by atoms with Gasteiger partial charge in [-0.05, 0) is 17.5 Å². The van der Waals surface area contributed by atoms with Gasteiger partial charge in [0.05, 0.1) is 17.4 Å². The zero-order chi connectivity index (χ0) is 14.0. The summed E-state index contributed by atoms with van der Waals surface area (Å²) in [5, 5.41) is 16.5. The maximum Gasteiger partial charge on any atom is 0.338 e. The monoisotopic (exact) mass is 302 g/mol. The third-order valence-corrected chi connectivity index (χ3v) is 4.59. The molecular weight excluding hydrogens is 292 g/mol. The fourth-order valence-corrected chi connectivity index (χ4v) is 3.56. The Morgan fingerprint density at radius 2 is 2.16 bits per heavy atom. The second kappa shape index (κ2) is 5.02. The van der Waals surface area contributed by atoms with Crippen molar-refractivity contribution in [2.45, 2.75) is 6.04 Å². The molecule has 9 heteroatoms. The lowest BCUT2D eigenvalue weighted by Crippen LogP contribution is -2.38. The van der Waals surface area contributed by atoms with E-state index in [1.54, 1.807) is 5.38 Å². The largest absolute Gasteiger partial charge is 0.478 e. The van der Waals surface area contributed by atoms with Crippen LogP contribution in [-0.2, 0) is 9.84 Å². The van der Waals surface area contributed by atoms with E-state index in [9.17, 15) is 18.0 Å². The molecule has 1 aliphatic rings. The van der Waals surface area contributed by atoms with E-state index < -0.39 is 27.9 Å². The first kappa shape index (κ1) is 13.6. The normalized spacial score (nSPS) is 20.1. The third-order valence-electron chi connectivity index (χ3n) is 2.37. The van der Waals surface area contributed by atoms with Gasteiger partial charge in [0.25, 0.3) is 0 Å². The Morgan fingerprint density at radius 3 is 2.74 bits per heavy atom. The molecule has 7 nitrogen and oxygen atoms in total. The van der Waals surface area contributed by atoms with Crippen LogP contribution in [0, 0.1) is 0 Å². The van der Waals surface area contributed by atoms with Crippen molar-refractivity contribution in [1.82, 2.24) is 5.32 Å². The van der Waals surface area contributed by atoms with Crippen molar-refractivity contribution < 1.29 is 23.1 Å². The minimum absolute atomic E-state index is 0.00487. The number of aromatic carboxylic acids is 1. The van der Waals surface area contributed by atoms with E-state index in [1.165, 1.54) is 12.1 Å². The Balaban J connectivity index is 1.97. The number of urea groups is 1. The molecule has 0 spiro atoms. The molecule has 0 fully saturated rings. The van der Waals surface area contributed by atoms with Crippen molar-refractivity contribution in [3.63, 3.8) is 0 Å². The topological polar surface area (TPSA) is 113 Å². The number of carboxylic acids is 1. The quantitative estimate of drug-likeness (QED) is 0.767. The highest BCUT2D eigenvalue weighted by Crippen LogP contribution is 2.23. The number of carboxylic acid groups (broad SMARTS) is 1. The predicted octanol–water partition coefficient (Wildman–Crippen LogP) is 0.879. The summed E-state index contributed by atoms with van der Waals surface area (Å²) < 4.78 is 22.3. The van der Waals surface area contributed by atoms with E-state index in [4.69, 9.17) is 5.11 Å². The van der Waals surface area contributed by atoms with Crippen molar-refractivity contribution in [2.75, 3.05) is 11.1 Å². The van der Waals surface area contributed by atoms with Gasteiger partial charge in [-0.1, -0.05) is 0 Å². The van der Waals surface area contributed by atoms with Crippen LogP contribution >= 0.6 is 11.3 Å². The number of rotatable bonds is 3. The molecule has 1 aromatic heterocycles. The highest BCUT2D eigenvalue weighted by Gasteiger charge is 2.23. The Labute approximate surface area is 112 Å². The molecule has 102 valence electrons. The minimum atomic E-state index is -3.24. The Morgan fingerprint density at radius 1 is 1.42 bits per heavy atom. The van der Waals surface area contributed by atoms with Crippen LogP contribution < -0.4 is 10.6 Å². The van der Waals surface area contributed by atoms with E-state index in [-0.39, 0.29) is 16.3 Å². The standard InChI is InChI=1S/C10H10N2O5S2/c13-9(14)7-1-3-18-8(7)12-10(15)11-6-2-4-19(16,17)5-6/h1-4,6H,5H2,(H,13,14)(H2,11,12,15). The van der Waals surface area contributed by atoms with E-state index in [2.05, 4.69) is 10.6 Å². The van der Waals surface area contributed by atoms with E-state index in [0.29, 0.717) is 0 Å².